The molecule has 2 aliphatic rings. The summed E-state index contributed by atoms with van der Waals surface area (Å²) in [6.45, 7) is 4.30. The smallest absolute Gasteiger partial charge is 0.229 e. The van der Waals surface area contributed by atoms with Gasteiger partial charge in [-0.25, -0.2) is 0 Å². The van der Waals surface area contributed by atoms with Crippen LogP contribution >= 0.6 is 0 Å². The Morgan fingerprint density at radius 1 is 1.32 bits per heavy atom. The second-order valence-corrected chi connectivity index (χ2v) is 5.65. The molecule has 4 rings (SSSR count). The first-order valence-corrected chi connectivity index (χ1v) is 6.95. The molecule has 0 amide bonds. The zero-order valence-electron chi connectivity index (χ0n) is 11.0. The molecule has 2 unspecified atom stereocenters. The van der Waals surface area contributed by atoms with Crippen molar-refractivity contribution in [2.45, 2.75) is 25.2 Å². The number of rotatable bonds is 3. The van der Waals surface area contributed by atoms with Crippen LogP contribution in [-0.2, 0) is 6.42 Å². The lowest BCUT2D eigenvalue weighted by atomic mass is 9.77. The third-order valence-electron chi connectivity index (χ3n) is 4.53. The summed E-state index contributed by atoms with van der Waals surface area (Å²) in [5.41, 5.74) is 2.77. The van der Waals surface area contributed by atoms with Crippen molar-refractivity contribution in [2.24, 2.45) is 5.92 Å². The van der Waals surface area contributed by atoms with Gasteiger partial charge in [-0.05, 0) is 36.6 Å². The monoisotopic (exact) mass is 255 g/mol. The molecule has 1 aromatic carbocycles. The normalized spacial score (nSPS) is 23.3. The average Bonchev–Trinajstić information content (AvgIpc) is 2.78. The molecule has 2 atom stereocenters. The lowest BCUT2D eigenvalue weighted by Crippen LogP contribution is -2.44. The third kappa shape index (κ3) is 1.70. The maximum absolute atomic E-state index is 5.47. The van der Waals surface area contributed by atoms with Crippen LogP contribution in [0.25, 0.3) is 0 Å². The van der Waals surface area contributed by atoms with Gasteiger partial charge >= 0.3 is 0 Å². The van der Waals surface area contributed by atoms with Gasteiger partial charge in [-0.3, -0.25) is 0 Å². The van der Waals surface area contributed by atoms with Crippen molar-refractivity contribution in [3.8, 4) is 0 Å². The van der Waals surface area contributed by atoms with Crippen LogP contribution in [0.4, 0.5) is 0 Å². The van der Waals surface area contributed by atoms with Crippen molar-refractivity contribution in [1.29, 1.82) is 0 Å². The predicted octanol–water partition coefficient (Wildman–Crippen LogP) is 2.08. The van der Waals surface area contributed by atoms with E-state index in [2.05, 4.69) is 46.6 Å². The minimum absolute atomic E-state index is 0.334. The Hall–Kier alpha value is -1.68. The third-order valence-corrected chi connectivity index (χ3v) is 4.53. The Morgan fingerprint density at radius 3 is 2.89 bits per heavy atom. The van der Waals surface area contributed by atoms with E-state index in [-0.39, 0.29) is 0 Å². The molecule has 98 valence electrons. The Balaban J connectivity index is 1.56. The first kappa shape index (κ1) is 11.2. The van der Waals surface area contributed by atoms with Crippen molar-refractivity contribution in [1.82, 2.24) is 15.5 Å². The SMILES string of the molecule is CC(c1nc(C2Cc3ccccc32)no1)C1CNC1. The Morgan fingerprint density at radius 2 is 2.16 bits per heavy atom. The second kappa shape index (κ2) is 4.17. The molecule has 1 aliphatic heterocycles. The van der Waals surface area contributed by atoms with E-state index in [0.29, 0.717) is 17.8 Å². The van der Waals surface area contributed by atoms with E-state index in [4.69, 9.17) is 4.52 Å². The van der Waals surface area contributed by atoms with Crippen molar-refractivity contribution < 1.29 is 4.52 Å². The van der Waals surface area contributed by atoms with Crippen molar-refractivity contribution in [3.05, 3.63) is 47.1 Å². The van der Waals surface area contributed by atoms with Gasteiger partial charge in [0.15, 0.2) is 5.82 Å². The molecule has 4 nitrogen and oxygen atoms in total. The maximum atomic E-state index is 5.47. The van der Waals surface area contributed by atoms with Crippen molar-refractivity contribution in [2.75, 3.05) is 13.1 Å². The molecule has 19 heavy (non-hydrogen) atoms. The summed E-state index contributed by atoms with van der Waals surface area (Å²) >= 11 is 0. The minimum Gasteiger partial charge on any atom is -0.339 e. The summed E-state index contributed by atoms with van der Waals surface area (Å²) in [7, 11) is 0. The Labute approximate surface area is 112 Å². The standard InChI is InChI=1S/C15H17N3O/c1-9(11-7-16-8-11)15-17-14(18-19-15)13-6-10-4-2-3-5-12(10)13/h2-5,9,11,13,16H,6-8H2,1H3. The number of benzene rings is 1. The number of nitrogens with zero attached hydrogens (tertiary/aromatic N) is 2. The quantitative estimate of drug-likeness (QED) is 0.912. The van der Waals surface area contributed by atoms with Gasteiger partial charge in [-0.1, -0.05) is 36.3 Å². The molecule has 0 bridgehead atoms. The molecular weight excluding hydrogens is 238 g/mol. The summed E-state index contributed by atoms with van der Waals surface area (Å²) in [6.07, 6.45) is 1.04. The molecule has 2 aromatic rings. The van der Waals surface area contributed by atoms with Gasteiger partial charge in [0.1, 0.15) is 0 Å². The molecule has 0 radical (unpaired) electrons. The average molecular weight is 255 g/mol. The number of aromatic nitrogens is 2. The number of nitrogens with one attached hydrogen (secondary N) is 1. The highest BCUT2D eigenvalue weighted by molar-refractivity contribution is 5.43. The topological polar surface area (TPSA) is 51.0 Å². The van der Waals surface area contributed by atoms with Crippen LogP contribution in [0.3, 0.4) is 0 Å². The first-order valence-electron chi connectivity index (χ1n) is 6.95. The largest absolute Gasteiger partial charge is 0.339 e. The first-order chi connectivity index (χ1) is 9.33. The molecule has 1 aromatic heterocycles. The van der Waals surface area contributed by atoms with E-state index >= 15 is 0 Å². The van der Waals surface area contributed by atoms with Crippen LogP contribution in [0.5, 0.6) is 0 Å². The van der Waals surface area contributed by atoms with E-state index in [1.165, 1.54) is 11.1 Å². The van der Waals surface area contributed by atoms with Crippen LogP contribution in [0.2, 0.25) is 0 Å². The van der Waals surface area contributed by atoms with Crippen molar-refractivity contribution >= 4 is 0 Å². The van der Waals surface area contributed by atoms with E-state index < -0.39 is 0 Å². The summed E-state index contributed by atoms with van der Waals surface area (Å²) in [5.74, 6) is 2.99. The summed E-state index contributed by atoms with van der Waals surface area (Å²) in [5, 5.41) is 7.48. The minimum atomic E-state index is 0.334. The fraction of sp³-hybridized carbons (Fsp3) is 0.467. The predicted molar refractivity (Wildman–Crippen MR) is 71.1 cm³/mol. The number of hydrogen-bond donors (Lipinski definition) is 1. The van der Waals surface area contributed by atoms with Crippen LogP contribution in [-0.4, -0.2) is 23.2 Å². The van der Waals surface area contributed by atoms with Gasteiger partial charge in [0, 0.05) is 5.92 Å². The highest BCUT2D eigenvalue weighted by Gasteiger charge is 2.33. The summed E-state index contributed by atoms with van der Waals surface area (Å²) < 4.78 is 5.47. The number of fused-ring (bicyclic) bond motifs is 1. The van der Waals surface area contributed by atoms with E-state index in [1.54, 1.807) is 0 Å². The van der Waals surface area contributed by atoms with Gasteiger partial charge in [0.25, 0.3) is 0 Å². The highest BCUT2D eigenvalue weighted by Crippen LogP contribution is 2.39. The fourth-order valence-corrected chi connectivity index (χ4v) is 2.93. The molecular formula is C15H17N3O. The highest BCUT2D eigenvalue weighted by atomic mass is 16.5. The van der Waals surface area contributed by atoms with E-state index in [9.17, 15) is 0 Å². The lowest BCUT2D eigenvalue weighted by molar-refractivity contribution is 0.252. The Kier molecular flexibility index (Phi) is 2.45. The van der Waals surface area contributed by atoms with Crippen LogP contribution in [0.15, 0.2) is 28.8 Å². The zero-order chi connectivity index (χ0) is 12.8. The molecule has 1 N–H and O–H groups in total. The zero-order valence-corrected chi connectivity index (χ0v) is 11.0. The van der Waals surface area contributed by atoms with Gasteiger partial charge in [-0.15, -0.1) is 0 Å². The van der Waals surface area contributed by atoms with Gasteiger partial charge in [0.05, 0.1) is 5.92 Å². The van der Waals surface area contributed by atoms with E-state index in [0.717, 1.165) is 31.2 Å². The van der Waals surface area contributed by atoms with Gasteiger partial charge < -0.3 is 9.84 Å². The summed E-state index contributed by atoms with van der Waals surface area (Å²) in [6, 6.07) is 8.51. The molecule has 1 saturated heterocycles. The fourth-order valence-electron chi connectivity index (χ4n) is 2.93. The van der Waals surface area contributed by atoms with E-state index in [1.807, 2.05) is 0 Å². The van der Waals surface area contributed by atoms with Crippen LogP contribution in [0, 0.1) is 5.92 Å². The second-order valence-electron chi connectivity index (χ2n) is 5.65. The van der Waals surface area contributed by atoms with Crippen LogP contribution in [0.1, 0.15) is 41.6 Å². The summed E-state index contributed by atoms with van der Waals surface area (Å²) in [4.78, 5) is 4.63. The van der Waals surface area contributed by atoms with Gasteiger partial charge in [0.2, 0.25) is 5.89 Å². The van der Waals surface area contributed by atoms with Crippen molar-refractivity contribution in [3.63, 3.8) is 0 Å². The molecule has 0 saturated carbocycles. The lowest BCUT2D eigenvalue weighted by Gasteiger charge is -2.30. The molecule has 0 spiro atoms. The molecule has 1 aliphatic carbocycles. The number of hydrogen-bond acceptors (Lipinski definition) is 4. The Bertz CT molecular complexity index is 603. The van der Waals surface area contributed by atoms with Crippen LogP contribution < -0.4 is 5.32 Å². The van der Waals surface area contributed by atoms with Gasteiger partial charge in [-0.2, -0.15) is 4.98 Å². The molecule has 2 heterocycles. The maximum Gasteiger partial charge on any atom is 0.229 e. The molecule has 4 heteroatoms. The molecule has 1 fully saturated rings.